The van der Waals surface area contributed by atoms with Crippen molar-refractivity contribution in [1.82, 2.24) is 0 Å². The summed E-state index contributed by atoms with van der Waals surface area (Å²) < 4.78 is 12.6. The van der Waals surface area contributed by atoms with Crippen molar-refractivity contribution in [3.05, 3.63) is 47.5 Å². The maximum atomic E-state index is 6.32. The van der Waals surface area contributed by atoms with Gasteiger partial charge < -0.3 is 9.31 Å². The highest BCUT2D eigenvalue weighted by Gasteiger charge is 2.52. The SMILES string of the molecule is CC1(C)c2cc(B3OC(C)(C)C(C)(C)O3)ccc2-c2ccc(N3OC(C)(C)C(C)(C)O3)cc21. The zero-order valence-corrected chi connectivity index (χ0v) is 21.6. The van der Waals surface area contributed by atoms with Crippen LogP contribution in [-0.4, -0.2) is 29.5 Å². The lowest BCUT2D eigenvalue weighted by Crippen LogP contribution is -2.41. The van der Waals surface area contributed by atoms with Gasteiger partial charge in [-0.05, 0) is 95.2 Å². The second-order valence-electron chi connectivity index (χ2n) is 12.2. The standard InChI is InChI=1S/C27H36BNO4/c1-23(2)21-15-17(28-30-24(3,4)25(5,6)31-28)11-13-19(21)20-14-12-18(16-22(20)23)29-32-26(7,8)27(9,10)33-29/h11-16H,1-10H3. The second-order valence-corrected chi connectivity index (χ2v) is 12.2. The molecule has 33 heavy (non-hydrogen) atoms. The molecule has 0 amide bonds. The fourth-order valence-corrected chi connectivity index (χ4v) is 4.74. The molecule has 0 bridgehead atoms. The first-order chi connectivity index (χ1) is 15.1. The molecule has 1 aliphatic carbocycles. The molecule has 2 aromatic rings. The van der Waals surface area contributed by atoms with Gasteiger partial charge in [0.2, 0.25) is 0 Å². The molecule has 0 atom stereocenters. The fourth-order valence-electron chi connectivity index (χ4n) is 4.74. The molecule has 0 radical (unpaired) electrons. The average molecular weight is 449 g/mol. The summed E-state index contributed by atoms with van der Waals surface area (Å²) in [5.41, 5.74) is 5.25. The van der Waals surface area contributed by atoms with E-state index in [-0.39, 0.29) is 23.7 Å². The van der Waals surface area contributed by atoms with Crippen molar-refractivity contribution < 1.29 is 19.0 Å². The third-order valence-electron chi connectivity index (χ3n) is 8.49. The van der Waals surface area contributed by atoms with Crippen LogP contribution in [0.5, 0.6) is 0 Å². The molecular formula is C27H36BNO4. The molecule has 2 aromatic carbocycles. The molecule has 3 aliphatic rings. The summed E-state index contributed by atoms with van der Waals surface area (Å²) >= 11 is 0. The minimum atomic E-state index is -0.428. The van der Waals surface area contributed by atoms with Crippen LogP contribution in [0, 0.1) is 0 Å². The van der Waals surface area contributed by atoms with Crippen LogP contribution in [0.25, 0.3) is 11.1 Å². The Hall–Kier alpha value is -1.86. The van der Waals surface area contributed by atoms with Crippen molar-refractivity contribution in [2.75, 3.05) is 5.23 Å². The minimum absolute atomic E-state index is 0.176. The van der Waals surface area contributed by atoms with Gasteiger partial charge in [0.05, 0.1) is 16.9 Å². The van der Waals surface area contributed by atoms with Gasteiger partial charge in [0.15, 0.2) is 0 Å². The molecule has 2 saturated heterocycles. The van der Waals surface area contributed by atoms with Crippen molar-refractivity contribution in [1.29, 1.82) is 0 Å². The Morgan fingerprint density at radius 1 is 0.606 bits per heavy atom. The monoisotopic (exact) mass is 449 g/mol. The Labute approximate surface area is 198 Å². The van der Waals surface area contributed by atoms with Gasteiger partial charge in [-0.15, -0.1) is 5.23 Å². The van der Waals surface area contributed by atoms with Crippen molar-refractivity contribution in [2.24, 2.45) is 0 Å². The molecule has 0 N–H and O–H groups in total. The lowest BCUT2D eigenvalue weighted by atomic mass is 9.74. The Bertz CT molecular complexity index is 1020. The molecule has 6 heteroatoms. The van der Waals surface area contributed by atoms with Crippen molar-refractivity contribution in [3.63, 3.8) is 0 Å². The molecule has 2 aliphatic heterocycles. The number of nitrogens with zero attached hydrogens (tertiary/aromatic N) is 1. The van der Waals surface area contributed by atoms with Gasteiger partial charge in [-0.3, -0.25) is 0 Å². The number of hydrogen-bond acceptors (Lipinski definition) is 5. The van der Waals surface area contributed by atoms with Gasteiger partial charge in [0.1, 0.15) is 11.2 Å². The van der Waals surface area contributed by atoms with Crippen LogP contribution in [-0.2, 0) is 24.4 Å². The Balaban J connectivity index is 1.50. The van der Waals surface area contributed by atoms with Gasteiger partial charge in [0, 0.05) is 5.41 Å². The molecule has 0 aromatic heterocycles. The smallest absolute Gasteiger partial charge is 0.399 e. The maximum absolute atomic E-state index is 6.32. The van der Waals surface area contributed by atoms with Crippen LogP contribution in [0.4, 0.5) is 5.69 Å². The normalized spacial score (nSPS) is 25.3. The lowest BCUT2D eigenvalue weighted by molar-refractivity contribution is -0.0273. The molecule has 5 nitrogen and oxygen atoms in total. The predicted octanol–water partition coefficient (Wildman–Crippen LogP) is 5.53. The summed E-state index contributed by atoms with van der Waals surface area (Å²) in [7, 11) is -0.369. The Morgan fingerprint density at radius 3 is 1.64 bits per heavy atom. The number of benzene rings is 2. The van der Waals surface area contributed by atoms with E-state index in [1.54, 1.807) is 5.23 Å². The lowest BCUT2D eigenvalue weighted by Gasteiger charge is -2.32. The van der Waals surface area contributed by atoms with Crippen LogP contribution in [0.2, 0.25) is 0 Å². The van der Waals surface area contributed by atoms with E-state index in [2.05, 4.69) is 106 Å². The zero-order valence-electron chi connectivity index (χ0n) is 21.6. The topological polar surface area (TPSA) is 40.2 Å². The van der Waals surface area contributed by atoms with Crippen molar-refractivity contribution in [3.8, 4) is 11.1 Å². The second kappa shape index (κ2) is 6.63. The van der Waals surface area contributed by atoms with Gasteiger partial charge in [-0.1, -0.05) is 38.1 Å². The zero-order chi connectivity index (χ0) is 24.2. The van der Waals surface area contributed by atoms with E-state index in [1.807, 2.05) is 0 Å². The molecule has 0 unspecified atom stereocenters. The molecular weight excluding hydrogens is 413 g/mol. The van der Waals surface area contributed by atoms with E-state index < -0.39 is 11.2 Å². The maximum Gasteiger partial charge on any atom is 0.494 e. The summed E-state index contributed by atoms with van der Waals surface area (Å²) in [5, 5.41) is 1.58. The predicted molar refractivity (Wildman–Crippen MR) is 133 cm³/mol. The summed E-state index contributed by atoms with van der Waals surface area (Å²) in [6, 6.07) is 13.0. The summed E-state index contributed by atoms with van der Waals surface area (Å²) in [6.45, 7) is 21.1. The number of rotatable bonds is 2. The third kappa shape index (κ3) is 3.22. The van der Waals surface area contributed by atoms with Crippen LogP contribution in [0.1, 0.15) is 80.4 Å². The van der Waals surface area contributed by atoms with Crippen molar-refractivity contribution >= 4 is 18.3 Å². The van der Waals surface area contributed by atoms with E-state index in [4.69, 9.17) is 19.0 Å². The molecule has 0 saturated carbocycles. The highest BCUT2D eigenvalue weighted by atomic mass is 17.0. The average Bonchev–Trinajstić information content (AvgIpc) is 3.16. The summed E-state index contributed by atoms with van der Waals surface area (Å²) in [5.74, 6) is 0. The van der Waals surface area contributed by atoms with Gasteiger partial charge in [-0.2, -0.15) is 0 Å². The van der Waals surface area contributed by atoms with E-state index >= 15 is 0 Å². The quantitative estimate of drug-likeness (QED) is 0.564. The number of fused-ring (bicyclic) bond motifs is 3. The van der Waals surface area contributed by atoms with Crippen LogP contribution < -0.4 is 10.7 Å². The Morgan fingerprint density at radius 2 is 1.09 bits per heavy atom. The van der Waals surface area contributed by atoms with Crippen LogP contribution >= 0.6 is 0 Å². The Kier molecular flexibility index (Phi) is 4.60. The number of hydrogen-bond donors (Lipinski definition) is 0. The highest BCUT2D eigenvalue weighted by Crippen LogP contribution is 2.50. The first-order valence-corrected chi connectivity index (χ1v) is 11.9. The largest absolute Gasteiger partial charge is 0.494 e. The minimum Gasteiger partial charge on any atom is -0.399 e. The number of anilines is 1. The molecule has 5 rings (SSSR count). The fraction of sp³-hybridized carbons (Fsp3) is 0.556. The highest BCUT2D eigenvalue weighted by molar-refractivity contribution is 6.62. The van der Waals surface area contributed by atoms with E-state index in [9.17, 15) is 0 Å². The van der Waals surface area contributed by atoms with E-state index in [0.29, 0.717) is 0 Å². The van der Waals surface area contributed by atoms with E-state index in [0.717, 1.165) is 11.2 Å². The van der Waals surface area contributed by atoms with Gasteiger partial charge in [-0.25, -0.2) is 9.68 Å². The molecule has 2 fully saturated rings. The van der Waals surface area contributed by atoms with Gasteiger partial charge >= 0.3 is 7.12 Å². The van der Waals surface area contributed by atoms with Crippen molar-refractivity contribution in [2.45, 2.75) is 97.1 Å². The summed E-state index contributed by atoms with van der Waals surface area (Å²) in [4.78, 5) is 12.3. The first-order valence-electron chi connectivity index (χ1n) is 11.9. The third-order valence-corrected chi connectivity index (χ3v) is 8.49. The van der Waals surface area contributed by atoms with Gasteiger partial charge in [0.25, 0.3) is 0 Å². The molecule has 176 valence electrons. The van der Waals surface area contributed by atoms with Crippen LogP contribution in [0.3, 0.4) is 0 Å². The molecule has 0 spiro atoms. The first kappa shape index (κ1) is 22.9. The van der Waals surface area contributed by atoms with Crippen LogP contribution in [0.15, 0.2) is 36.4 Å². The van der Waals surface area contributed by atoms with E-state index in [1.165, 1.54) is 22.3 Å². The summed E-state index contributed by atoms with van der Waals surface area (Å²) in [6.07, 6.45) is 0. The molecule has 2 heterocycles.